The van der Waals surface area contributed by atoms with Crippen LogP contribution in [-0.4, -0.2) is 31.9 Å². The number of rotatable bonds is 4. The highest BCUT2D eigenvalue weighted by Crippen LogP contribution is 2.15. The van der Waals surface area contributed by atoms with Crippen molar-refractivity contribution < 1.29 is 19.8 Å². The number of nitrogens with zero attached hydrogens (tertiary/aromatic N) is 2. The molecular formula is C13H12N2O4. The Balaban J connectivity index is 2.27. The molecule has 0 amide bonds. The van der Waals surface area contributed by atoms with E-state index in [9.17, 15) is 9.59 Å². The standard InChI is InChI=1S/C13H12N2O4/c1-8(12(16)17)11-6-7-15(14-11)10-4-2-9(3-5-10)13(18)19/h2-8H,1H3,(H,16,17)(H,18,19). The van der Waals surface area contributed by atoms with Crippen LogP contribution >= 0.6 is 0 Å². The Morgan fingerprint density at radius 3 is 2.32 bits per heavy atom. The van der Waals surface area contributed by atoms with Gasteiger partial charge in [0.05, 0.1) is 22.9 Å². The maximum atomic E-state index is 10.9. The van der Waals surface area contributed by atoms with Gasteiger partial charge in [0.1, 0.15) is 0 Å². The SMILES string of the molecule is CC(C(=O)O)c1ccn(-c2ccc(C(=O)O)cc2)n1. The van der Waals surface area contributed by atoms with Gasteiger partial charge >= 0.3 is 11.9 Å². The lowest BCUT2D eigenvalue weighted by molar-refractivity contribution is -0.138. The summed E-state index contributed by atoms with van der Waals surface area (Å²) in [5.41, 5.74) is 1.32. The maximum Gasteiger partial charge on any atom is 0.335 e. The third-order valence-corrected chi connectivity index (χ3v) is 2.80. The number of aromatic carboxylic acids is 1. The molecule has 0 bridgehead atoms. The van der Waals surface area contributed by atoms with Gasteiger partial charge in [0.15, 0.2) is 0 Å². The summed E-state index contributed by atoms with van der Waals surface area (Å²) in [5, 5.41) is 21.9. The van der Waals surface area contributed by atoms with E-state index in [0.717, 1.165) is 0 Å². The summed E-state index contributed by atoms with van der Waals surface area (Å²) in [4.78, 5) is 21.6. The van der Waals surface area contributed by atoms with Crippen molar-refractivity contribution in [3.8, 4) is 5.69 Å². The predicted molar refractivity (Wildman–Crippen MR) is 66.6 cm³/mol. The molecule has 1 unspecified atom stereocenters. The van der Waals surface area contributed by atoms with Crippen LogP contribution in [-0.2, 0) is 4.79 Å². The molecule has 2 N–H and O–H groups in total. The fourth-order valence-corrected chi connectivity index (χ4v) is 1.60. The molecule has 19 heavy (non-hydrogen) atoms. The van der Waals surface area contributed by atoms with E-state index < -0.39 is 17.9 Å². The van der Waals surface area contributed by atoms with Crippen molar-refractivity contribution in [2.45, 2.75) is 12.8 Å². The maximum absolute atomic E-state index is 10.9. The van der Waals surface area contributed by atoms with Gasteiger partial charge in [-0.05, 0) is 37.3 Å². The first-order valence-electron chi connectivity index (χ1n) is 5.61. The monoisotopic (exact) mass is 260 g/mol. The first-order chi connectivity index (χ1) is 8.99. The Labute approximate surface area is 108 Å². The minimum Gasteiger partial charge on any atom is -0.481 e. The summed E-state index contributed by atoms with van der Waals surface area (Å²) in [6.45, 7) is 1.56. The first kappa shape index (κ1) is 12.8. The minimum absolute atomic E-state index is 0.190. The Morgan fingerprint density at radius 1 is 1.16 bits per heavy atom. The summed E-state index contributed by atoms with van der Waals surface area (Å²) in [7, 11) is 0. The molecule has 2 aromatic rings. The fraction of sp³-hybridized carbons (Fsp3) is 0.154. The number of aliphatic carboxylic acids is 1. The number of hydrogen-bond acceptors (Lipinski definition) is 3. The zero-order chi connectivity index (χ0) is 14.0. The fourth-order valence-electron chi connectivity index (χ4n) is 1.60. The van der Waals surface area contributed by atoms with E-state index in [4.69, 9.17) is 10.2 Å². The van der Waals surface area contributed by atoms with Crippen LogP contribution in [0.4, 0.5) is 0 Å². The van der Waals surface area contributed by atoms with Crippen molar-refractivity contribution in [3.05, 3.63) is 47.8 Å². The predicted octanol–water partition coefficient (Wildman–Crippen LogP) is 1.76. The van der Waals surface area contributed by atoms with E-state index in [-0.39, 0.29) is 5.56 Å². The van der Waals surface area contributed by atoms with Gasteiger partial charge in [-0.25, -0.2) is 9.48 Å². The second-order valence-electron chi connectivity index (χ2n) is 4.10. The Morgan fingerprint density at radius 2 is 1.79 bits per heavy atom. The summed E-state index contributed by atoms with van der Waals surface area (Å²) >= 11 is 0. The summed E-state index contributed by atoms with van der Waals surface area (Å²) < 4.78 is 1.51. The van der Waals surface area contributed by atoms with Gasteiger partial charge in [0.2, 0.25) is 0 Å². The molecule has 0 fully saturated rings. The van der Waals surface area contributed by atoms with Crippen molar-refractivity contribution in [1.82, 2.24) is 9.78 Å². The summed E-state index contributed by atoms with van der Waals surface area (Å²) in [6.07, 6.45) is 1.64. The molecule has 0 saturated heterocycles. The van der Waals surface area contributed by atoms with E-state index in [1.165, 1.54) is 16.8 Å². The van der Waals surface area contributed by atoms with E-state index in [0.29, 0.717) is 11.4 Å². The highest BCUT2D eigenvalue weighted by Gasteiger charge is 2.16. The number of carboxylic acids is 2. The van der Waals surface area contributed by atoms with Crippen molar-refractivity contribution >= 4 is 11.9 Å². The topological polar surface area (TPSA) is 92.4 Å². The number of benzene rings is 1. The van der Waals surface area contributed by atoms with Crippen LogP contribution < -0.4 is 0 Å². The molecular weight excluding hydrogens is 248 g/mol. The molecule has 6 nitrogen and oxygen atoms in total. The van der Waals surface area contributed by atoms with E-state index in [1.807, 2.05) is 0 Å². The lowest BCUT2D eigenvalue weighted by atomic mass is 10.1. The molecule has 98 valence electrons. The zero-order valence-electron chi connectivity index (χ0n) is 10.1. The van der Waals surface area contributed by atoms with Gasteiger partial charge in [0.25, 0.3) is 0 Å². The quantitative estimate of drug-likeness (QED) is 0.873. The first-order valence-corrected chi connectivity index (χ1v) is 5.61. The van der Waals surface area contributed by atoms with Crippen LogP contribution in [0.2, 0.25) is 0 Å². The van der Waals surface area contributed by atoms with Gasteiger partial charge in [-0.3, -0.25) is 4.79 Å². The van der Waals surface area contributed by atoms with E-state index in [2.05, 4.69) is 5.10 Å². The molecule has 6 heteroatoms. The van der Waals surface area contributed by atoms with Crippen LogP contribution in [0.15, 0.2) is 36.5 Å². The molecule has 1 heterocycles. The number of aromatic nitrogens is 2. The van der Waals surface area contributed by atoms with Crippen LogP contribution in [0, 0.1) is 0 Å². The van der Waals surface area contributed by atoms with Crippen molar-refractivity contribution in [3.63, 3.8) is 0 Å². The molecule has 0 spiro atoms. The smallest absolute Gasteiger partial charge is 0.335 e. The molecule has 0 aliphatic rings. The average molecular weight is 260 g/mol. The summed E-state index contributed by atoms with van der Waals surface area (Å²) in [6, 6.07) is 7.81. The highest BCUT2D eigenvalue weighted by molar-refractivity contribution is 5.87. The summed E-state index contributed by atoms with van der Waals surface area (Å²) in [5.74, 6) is -2.61. The average Bonchev–Trinajstić information content (AvgIpc) is 2.87. The molecule has 1 aromatic heterocycles. The Hall–Kier alpha value is -2.63. The molecule has 0 saturated carbocycles. The normalized spacial score (nSPS) is 12.1. The molecule has 1 aromatic carbocycles. The number of hydrogen-bond donors (Lipinski definition) is 2. The second-order valence-corrected chi connectivity index (χ2v) is 4.10. The van der Waals surface area contributed by atoms with Crippen LogP contribution in [0.5, 0.6) is 0 Å². The molecule has 2 rings (SSSR count). The van der Waals surface area contributed by atoms with Crippen molar-refractivity contribution in [2.75, 3.05) is 0 Å². The number of carbonyl (C=O) groups is 2. The van der Waals surface area contributed by atoms with E-state index >= 15 is 0 Å². The zero-order valence-corrected chi connectivity index (χ0v) is 10.1. The molecule has 1 atom stereocenters. The van der Waals surface area contributed by atoms with Gasteiger partial charge in [-0.15, -0.1) is 0 Å². The van der Waals surface area contributed by atoms with Gasteiger partial charge in [-0.1, -0.05) is 0 Å². The lowest BCUT2D eigenvalue weighted by Crippen LogP contribution is -2.08. The second kappa shape index (κ2) is 4.93. The lowest BCUT2D eigenvalue weighted by Gasteiger charge is -2.03. The van der Waals surface area contributed by atoms with Crippen molar-refractivity contribution in [1.29, 1.82) is 0 Å². The third-order valence-electron chi connectivity index (χ3n) is 2.80. The van der Waals surface area contributed by atoms with Crippen LogP contribution in [0.25, 0.3) is 5.69 Å². The molecule has 0 aliphatic carbocycles. The van der Waals surface area contributed by atoms with E-state index in [1.54, 1.807) is 31.3 Å². The number of carboxylic acid groups (broad SMARTS) is 2. The van der Waals surface area contributed by atoms with Crippen LogP contribution in [0.3, 0.4) is 0 Å². The Kier molecular flexibility index (Phi) is 3.33. The third kappa shape index (κ3) is 2.62. The molecule has 0 aliphatic heterocycles. The minimum atomic E-state index is -0.993. The van der Waals surface area contributed by atoms with Gasteiger partial charge < -0.3 is 10.2 Å². The van der Waals surface area contributed by atoms with Gasteiger partial charge in [-0.2, -0.15) is 5.10 Å². The molecule has 0 radical (unpaired) electrons. The van der Waals surface area contributed by atoms with Crippen LogP contribution in [0.1, 0.15) is 28.9 Å². The highest BCUT2D eigenvalue weighted by atomic mass is 16.4. The van der Waals surface area contributed by atoms with Crippen molar-refractivity contribution in [2.24, 2.45) is 0 Å². The van der Waals surface area contributed by atoms with Gasteiger partial charge in [0, 0.05) is 6.20 Å². The largest absolute Gasteiger partial charge is 0.481 e. The Bertz CT molecular complexity index is 616.